The van der Waals surface area contributed by atoms with Crippen LogP contribution in [0.5, 0.6) is 0 Å². The number of nitrogens with one attached hydrogen (secondary N) is 1. The Balaban J connectivity index is 1.33. The summed E-state index contributed by atoms with van der Waals surface area (Å²) < 4.78 is 1.51. The second-order valence-electron chi connectivity index (χ2n) is 7.11. The van der Waals surface area contributed by atoms with Crippen LogP contribution in [0.4, 0.5) is 0 Å². The van der Waals surface area contributed by atoms with Crippen LogP contribution in [-0.2, 0) is 4.79 Å². The van der Waals surface area contributed by atoms with Crippen molar-refractivity contribution in [1.29, 1.82) is 0 Å². The Hall–Kier alpha value is -2.89. The third-order valence-corrected chi connectivity index (χ3v) is 7.70. The van der Waals surface area contributed by atoms with Gasteiger partial charge in [0.1, 0.15) is 0 Å². The molecule has 1 aliphatic rings. The molecule has 14 heteroatoms. The Morgan fingerprint density at radius 2 is 1.49 bits per heavy atom. The first-order valence-electron chi connectivity index (χ1n) is 9.72. The molecule has 3 heterocycles. The van der Waals surface area contributed by atoms with E-state index >= 15 is 0 Å². The van der Waals surface area contributed by atoms with Gasteiger partial charge in [-0.1, -0.05) is 88.5 Å². The maximum Gasteiger partial charge on any atom is 0.282 e. The highest BCUT2D eigenvalue weighted by Crippen LogP contribution is 2.44. The molecule has 0 atom stereocenters. The number of thioether (sulfide) groups is 1. The molecule has 0 unspecified atom stereocenters. The fourth-order valence-electron chi connectivity index (χ4n) is 3.36. The number of carbonyl (C=O) groups is 3. The molecule has 3 amide bonds. The molecule has 2 aromatic carbocycles. The van der Waals surface area contributed by atoms with Gasteiger partial charge in [0.25, 0.3) is 11.8 Å². The molecule has 1 aliphatic heterocycles. The fourth-order valence-corrected chi connectivity index (χ4v) is 5.05. The average Bonchev–Trinajstić information content (AvgIpc) is 3.38. The highest BCUT2D eigenvalue weighted by Gasteiger charge is 2.42. The van der Waals surface area contributed by atoms with Crippen LogP contribution >= 0.6 is 58.2 Å². The number of hydrogen-bond donors (Lipinski definition) is 1. The normalized spacial score (nSPS) is 13.0. The van der Waals surface area contributed by atoms with E-state index in [0.717, 1.165) is 17.3 Å². The molecule has 0 saturated carbocycles. The van der Waals surface area contributed by atoms with Crippen molar-refractivity contribution in [3.63, 3.8) is 0 Å². The van der Waals surface area contributed by atoms with Gasteiger partial charge < -0.3 is 0 Å². The summed E-state index contributed by atoms with van der Waals surface area (Å²) >= 11 is 25.2. The van der Waals surface area contributed by atoms with Crippen LogP contribution < -0.4 is 5.43 Å². The molecule has 0 saturated heterocycles. The van der Waals surface area contributed by atoms with E-state index < -0.39 is 17.7 Å². The van der Waals surface area contributed by atoms with E-state index in [1.165, 1.54) is 4.52 Å². The number of imide groups is 1. The Morgan fingerprint density at radius 1 is 0.857 bits per heavy atom. The van der Waals surface area contributed by atoms with E-state index in [4.69, 9.17) is 46.4 Å². The minimum Gasteiger partial charge on any atom is -0.272 e. The zero-order valence-electron chi connectivity index (χ0n) is 17.1. The highest BCUT2D eigenvalue weighted by atomic mass is 35.5. The molecule has 2 aromatic heterocycles. The molecule has 0 aliphatic carbocycles. The summed E-state index contributed by atoms with van der Waals surface area (Å²) in [6.07, 6.45) is 0. The Kier molecular flexibility index (Phi) is 6.32. The van der Waals surface area contributed by atoms with Gasteiger partial charge in [-0.05, 0) is 12.1 Å². The summed E-state index contributed by atoms with van der Waals surface area (Å²) in [7, 11) is 0. The van der Waals surface area contributed by atoms with Gasteiger partial charge >= 0.3 is 0 Å². The van der Waals surface area contributed by atoms with E-state index in [1.807, 2.05) is 36.4 Å². The number of halogens is 4. The van der Waals surface area contributed by atoms with Gasteiger partial charge in [0.05, 0.1) is 42.7 Å². The van der Waals surface area contributed by atoms with Crippen LogP contribution in [-0.4, -0.2) is 48.3 Å². The number of hydrogen-bond acceptors (Lipinski definition) is 7. The van der Waals surface area contributed by atoms with Crippen molar-refractivity contribution >= 4 is 81.5 Å². The molecule has 35 heavy (non-hydrogen) atoms. The van der Waals surface area contributed by atoms with Crippen LogP contribution in [0.25, 0.3) is 16.9 Å². The van der Waals surface area contributed by atoms with Crippen LogP contribution in [0, 0.1) is 0 Å². The van der Waals surface area contributed by atoms with E-state index in [0.29, 0.717) is 21.5 Å². The predicted octanol–water partition coefficient (Wildman–Crippen LogP) is 4.82. The van der Waals surface area contributed by atoms with Crippen molar-refractivity contribution in [3.05, 3.63) is 73.7 Å². The third kappa shape index (κ3) is 4.11. The van der Waals surface area contributed by atoms with Gasteiger partial charge in [-0.2, -0.15) is 14.6 Å². The van der Waals surface area contributed by atoms with E-state index in [9.17, 15) is 14.4 Å². The molecule has 5 rings (SSSR count). The lowest BCUT2D eigenvalue weighted by Gasteiger charge is -2.14. The molecule has 0 spiro atoms. The van der Waals surface area contributed by atoms with Gasteiger partial charge in [0, 0.05) is 5.56 Å². The van der Waals surface area contributed by atoms with E-state index in [1.54, 1.807) is 6.07 Å². The van der Waals surface area contributed by atoms with Crippen molar-refractivity contribution in [2.24, 2.45) is 0 Å². The molecule has 4 aromatic rings. The Labute approximate surface area is 221 Å². The molecule has 0 bridgehead atoms. The largest absolute Gasteiger partial charge is 0.282 e. The second-order valence-corrected chi connectivity index (χ2v) is 9.57. The summed E-state index contributed by atoms with van der Waals surface area (Å²) in [5.41, 5.74) is 3.89. The molecule has 0 radical (unpaired) electrons. The number of benzene rings is 2. The third-order valence-electron chi connectivity index (χ3n) is 4.97. The van der Waals surface area contributed by atoms with Crippen molar-refractivity contribution in [3.8, 4) is 11.3 Å². The number of nitrogens with zero attached hydrogens (tertiary/aromatic N) is 5. The summed E-state index contributed by atoms with van der Waals surface area (Å²) in [6, 6.07) is 13.1. The predicted molar refractivity (Wildman–Crippen MR) is 132 cm³/mol. The van der Waals surface area contributed by atoms with Gasteiger partial charge in [-0.25, -0.2) is 0 Å². The average molecular weight is 568 g/mol. The number of fused-ring (bicyclic) bond motifs is 2. The zero-order chi connectivity index (χ0) is 24.9. The first-order chi connectivity index (χ1) is 16.8. The lowest BCUT2D eigenvalue weighted by atomic mass is 10.1. The minimum absolute atomic E-state index is 0.164. The van der Waals surface area contributed by atoms with Crippen molar-refractivity contribution in [2.45, 2.75) is 5.16 Å². The van der Waals surface area contributed by atoms with Crippen molar-refractivity contribution < 1.29 is 14.4 Å². The lowest BCUT2D eigenvalue weighted by molar-refractivity contribution is -0.121. The SMILES string of the molecule is O=C(CSc1nnc2ccc(-c3ccccc3)nn12)NN1C(=O)c2c(Cl)c(Cl)c(Cl)c(Cl)c2C1=O. The lowest BCUT2D eigenvalue weighted by Crippen LogP contribution is -2.46. The van der Waals surface area contributed by atoms with Crippen LogP contribution in [0.15, 0.2) is 47.6 Å². The molecular formula is C21H10Cl4N6O3S. The summed E-state index contributed by atoms with van der Waals surface area (Å²) in [5.74, 6) is -2.62. The molecule has 176 valence electrons. The summed E-state index contributed by atoms with van der Waals surface area (Å²) in [6.45, 7) is 0. The van der Waals surface area contributed by atoms with Gasteiger partial charge in [-0.3, -0.25) is 19.8 Å². The van der Waals surface area contributed by atoms with Gasteiger partial charge in [0.2, 0.25) is 11.1 Å². The topological polar surface area (TPSA) is 110 Å². The van der Waals surface area contributed by atoms with Crippen molar-refractivity contribution in [1.82, 2.24) is 30.2 Å². The maximum atomic E-state index is 12.8. The molecule has 9 nitrogen and oxygen atoms in total. The summed E-state index contributed by atoms with van der Waals surface area (Å²) in [5, 5.41) is 12.7. The molecular weight excluding hydrogens is 558 g/mol. The first-order valence-corrected chi connectivity index (χ1v) is 12.2. The standard InChI is InChI=1S/C21H10Cl4N6O3S/c22-15-13-14(16(23)18(25)17(15)24)20(34)31(19(13)33)29-12(32)8-35-21-27-26-11-7-6-10(28-30(11)21)9-4-2-1-3-5-9/h1-7H,8H2,(H,29,32). The zero-order valence-corrected chi connectivity index (χ0v) is 21.0. The molecule has 0 fully saturated rings. The first kappa shape index (κ1) is 23.8. The maximum absolute atomic E-state index is 12.8. The number of hydrazine groups is 1. The minimum atomic E-state index is -0.879. The number of rotatable bonds is 5. The van der Waals surface area contributed by atoms with Crippen LogP contribution in [0.2, 0.25) is 20.1 Å². The van der Waals surface area contributed by atoms with Crippen LogP contribution in [0.1, 0.15) is 20.7 Å². The fraction of sp³-hybridized carbons (Fsp3) is 0.0476. The molecule has 1 N–H and O–H groups in total. The number of aromatic nitrogens is 4. The van der Waals surface area contributed by atoms with Crippen LogP contribution in [0.3, 0.4) is 0 Å². The second kappa shape index (κ2) is 9.29. The van der Waals surface area contributed by atoms with Gasteiger partial charge in [-0.15, -0.1) is 10.2 Å². The van der Waals surface area contributed by atoms with E-state index in [2.05, 4.69) is 20.7 Å². The highest BCUT2D eigenvalue weighted by molar-refractivity contribution is 7.99. The smallest absolute Gasteiger partial charge is 0.272 e. The summed E-state index contributed by atoms with van der Waals surface area (Å²) in [4.78, 5) is 38.1. The Morgan fingerprint density at radius 3 is 2.11 bits per heavy atom. The number of carbonyl (C=O) groups excluding carboxylic acids is 3. The van der Waals surface area contributed by atoms with Gasteiger partial charge in [0.15, 0.2) is 5.65 Å². The quantitative estimate of drug-likeness (QED) is 0.159. The van der Waals surface area contributed by atoms with E-state index in [-0.39, 0.29) is 37.0 Å². The monoisotopic (exact) mass is 566 g/mol. The van der Waals surface area contributed by atoms with Crippen molar-refractivity contribution in [2.75, 3.05) is 5.75 Å². The number of amides is 3. The Bertz CT molecular complexity index is 1500.